The molecule has 98 valence electrons. The Morgan fingerprint density at radius 2 is 1.47 bits per heavy atom. The molecule has 3 saturated heterocycles. The van der Waals surface area contributed by atoms with Gasteiger partial charge in [-0.15, -0.1) is 0 Å². The third-order valence-electron chi connectivity index (χ3n) is 4.33. The maximum Gasteiger partial charge on any atom is 0.0998 e. The van der Waals surface area contributed by atoms with Crippen molar-refractivity contribution >= 4 is 0 Å². The van der Waals surface area contributed by atoms with Crippen LogP contribution in [0.2, 0.25) is 0 Å². The molecule has 0 amide bonds. The highest BCUT2D eigenvalue weighted by atomic mass is 16.5. The molecule has 0 aromatic carbocycles. The van der Waals surface area contributed by atoms with Gasteiger partial charge in [0.25, 0.3) is 0 Å². The number of likely N-dealkylation sites (tertiary alicyclic amines) is 1. The van der Waals surface area contributed by atoms with Gasteiger partial charge in [-0.05, 0) is 38.8 Å². The van der Waals surface area contributed by atoms with E-state index in [2.05, 4.69) is 14.9 Å². The van der Waals surface area contributed by atoms with Gasteiger partial charge < -0.3 is 4.74 Å². The van der Waals surface area contributed by atoms with Crippen LogP contribution in [0.4, 0.5) is 0 Å². The molecule has 3 fully saturated rings. The zero-order valence-electron chi connectivity index (χ0n) is 10.8. The average molecular weight is 239 g/mol. The fourth-order valence-electron chi connectivity index (χ4n) is 3.38. The van der Waals surface area contributed by atoms with Crippen molar-refractivity contribution in [3.05, 3.63) is 0 Å². The molecule has 0 aliphatic carbocycles. The summed E-state index contributed by atoms with van der Waals surface area (Å²) in [7, 11) is 0. The Labute approximate surface area is 104 Å². The summed E-state index contributed by atoms with van der Waals surface area (Å²) in [5.74, 6) is 0. The van der Waals surface area contributed by atoms with Crippen molar-refractivity contribution in [3.63, 3.8) is 0 Å². The van der Waals surface area contributed by atoms with E-state index in [1.54, 1.807) is 0 Å². The van der Waals surface area contributed by atoms with Gasteiger partial charge in [0.2, 0.25) is 0 Å². The number of hydrogen-bond donors (Lipinski definition) is 0. The second-order valence-corrected chi connectivity index (χ2v) is 5.48. The number of morpholine rings is 1. The molecule has 3 aliphatic heterocycles. The second kappa shape index (κ2) is 5.65. The Morgan fingerprint density at radius 1 is 0.765 bits per heavy atom. The summed E-state index contributed by atoms with van der Waals surface area (Å²) in [4.78, 5) is 2.62. The highest BCUT2D eigenvalue weighted by Crippen LogP contribution is 2.22. The molecular weight excluding hydrogens is 214 g/mol. The quantitative estimate of drug-likeness (QED) is 0.719. The molecule has 0 bridgehead atoms. The SMILES string of the molecule is C1CCN(N2CCOCC2N2CCCC2)CC1. The molecule has 0 spiro atoms. The van der Waals surface area contributed by atoms with Crippen LogP contribution in [0, 0.1) is 0 Å². The first-order chi connectivity index (χ1) is 8.45. The van der Waals surface area contributed by atoms with Gasteiger partial charge in [-0.1, -0.05) is 6.42 Å². The molecule has 0 aromatic rings. The molecule has 3 heterocycles. The fourth-order valence-corrected chi connectivity index (χ4v) is 3.38. The fraction of sp³-hybridized carbons (Fsp3) is 1.00. The lowest BCUT2D eigenvalue weighted by atomic mass is 10.1. The highest BCUT2D eigenvalue weighted by Gasteiger charge is 2.33. The minimum absolute atomic E-state index is 0.518. The van der Waals surface area contributed by atoms with Crippen molar-refractivity contribution in [2.24, 2.45) is 0 Å². The van der Waals surface area contributed by atoms with E-state index < -0.39 is 0 Å². The van der Waals surface area contributed by atoms with E-state index in [0.717, 1.165) is 19.8 Å². The van der Waals surface area contributed by atoms with Gasteiger partial charge >= 0.3 is 0 Å². The molecule has 4 heteroatoms. The van der Waals surface area contributed by atoms with Gasteiger partial charge in [0.1, 0.15) is 0 Å². The number of piperidine rings is 1. The van der Waals surface area contributed by atoms with E-state index in [0.29, 0.717) is 6.17 Å². The van der Waals surface area contributed by atoms with Crippen LogP contribution >= 0.6 is 0 Å². The Hall–Kier alpha value is -0.160. The Kier molecular flexibility index (Phi) is 3.96. The smallest absolute Gasteiger partial charge is 0.0998 e. The first kappa shape index (κ1) is 11.9. The van der Waals surface area contributed by atoms with E-state index >= 15 is 0 Å². The maximum absolute atomic E-state index is 5.71. The standard InChI is InChI=1S/C13H25N3O/c1-2-8-15(9-3-1)16-10-11-17-12-13(16)14-6-4-5-7-14/h13H,1-12H2. The number of nitrogens with zero attached hydrogens (tertiary/aromatic N) is 3. The molecule has 0 radical (unpaired) electrons. The lowest BCUT2D eigenvalue weighted by molar-refractivity contribution is -0.176. The molecule has 1 atom stereocenters. The van der Waals surface area contributed by atoms with Crippen molar-refractivity contribution in [2.45, 2.75) is 38.3 Å². The van der Waals surface area contributed by atoms with E-state index in [9.17, 15) is 0 Å². The topological polar surface area (TPSA) is 19.0 Å². The van der Waals surface area contributed by atoms with E-state index in [4.69, 9.17) is 4.74 Å². The average Bonchev–Trinajstić information content (AvgIpc) is 2.94. The van der Waals surface area contributed by atoms with Crippen LogP contribution in [0.1, 0.15) is 32.1 Å². The molecule has 3 aliphatic rings. The Bertz CT molecular complexity index is 237. The molecule has 4 nitrogen and oxygen atoms in total. The molecule has 17 heavy (non-hydrogen) atoms. The van der Waals surface area contributed by atoms with Crippen molar-refractivity contribution in [1.29, 1.82) is 0 Å². The van der Waals surface area contributed by atoms with Gasteiger partial charge in [0.15, 0.2) is 0 Å². The van der Waals surface area contributed by atoms with Crippen molar-refractivity contribution in [1.82, 2.24) is 14.9 Å². The summed E-state index contributed by atoms with van der Waals surface area (Å²) in [6.07, 6.45) is 7.39. The van der Waals surface area contributed by atoms with Crippen molar-refractivity contribution < 1.29 is 4.74 Å². The van der Waals surface area contributed by atoms with E-state index in [1.807, 2.05) is 0 Å². The van der Waals surface area contributed by atoms with Crippen LogP contribution in [0.25, 0.3) is 0 Å². The van der Waals surface area contributed by atoms with Crippen LogP contribution in [0.15, 0.2) is 0 Å². The molecule has 1 unspecified atom stereocenters. The van der Waals surface area contributed by atoms with Crippen LogP contribution in [-0.4, -0.2) is 67.0 Å². The summed E-state index contributed by atoms with van der Waals surface area (Å²) in [6.45, 7) is 7.92. The van der Waals surface area contributed by atoms with Crippen LogP contribution in [0.3, 0.4) is 0 Å². The second-order valence-electron chi connectivity index (χ2n) is 5.48. The predicted molar refractivity (Wildman–Crippen MR) is 67.5 cm³/mol. The third-order valence-corrected chi connectivity index (χ3v) is 4.33. The molecule has 3 rings (SSSR count). The van der Waals surface area contributed by atoms with Crippen molar-refractivity contribution in [2.75, 3.05) is 45.9 Å². The molecule has 0 aromatic heterocycles. The van der Waals surface area contributed by atoms with Gasteiger partial charge in [0.05, 0.1) is 19.4 Å². The molecule has 0 saturated carbocycles. The van der Waals surface area contributed by atoms with Gasteiger partial charge in [-0.3, -0.25) is 4.90 Å². The highest BCUT2D eigenvalue weighted by molar-refractivity contribution is 4.80. The lowest BCUT2D eigenvalue weighted by Gasteiger charge is -2.47. The number of hydrogen-bond acceptors (Lipinski definition) is 4. The van der Waals surface area contributed by atoms with Gasteiger partial charge in [-0.25, -0.2) is 10.0 Å². The third kappa shape index (κ3) is 2.65. The number of hydrazine groups is 1. The molecular formula is C13H25N3O. The monoisotopic (exact) mass is 239 g/mol. The van der Waals surface area contributed by atoms with Crippen LogP contribution in [-0.2, 0) is 4.74 Å². The summed E-state index contributed by atoms with van der Waals surface area (Å²) in [6, 6.07) is 0. The zero-order chi connectivity index (χ0) is 11.5. The number of ether oxygens (including phenoxy) is 1. The largest absolute Gasteiger partial charge is 0.377 e. The summed E-state index contributed by atoms with van der Waals surface area (Å²) in [5.41, 5.74) is 0. The lowest BCUT2D eigenvalue weighted by Crippen LogP contribution is -2.61. The minimum Gasteiger partial charge on any atom is -0.377 e. The zero-order valence-corrected chi connectivity index (χ0v) is 10.8. The summed E-state index contributed by atoms with van der Waals surface area (Å²) in [5, 5.41) is 5.20. The normalized spacial score (nSPS) is 34.2. The minimum atomic E-state index is 0.518. The van der Waals surface area contributed by atoms with E-state index in [1.165, 1.54) is 58.3 Å². The van der Waals surface area contributed by atoms with Gasteiger partial charge in [-0.2, -0.15) is 0 Å². The maximum atomic E-state index is 5.71. The predicted octanol–water partition coefficient (Wildman–Crippen LogP) is 1.14. The first-order valence-electron chi connectivity index (χ1n) is 7.28. The van der Waals surface area contributed by atoms with Crippen LogP contribution < -0.4 is 0 Å². The number of rotatable bonds is 2. The van der Waals surface area contributed by atoms with Crippen LogP contribution in [0.5, 0.6) is 0 Å². The Morgan fingerprint density at radius 3 is 2.24 bits per heavy atom. The van der Waals surface area contributed by atoms with E-state index in [-0.39, 0.29) is 0 Å². The first-order valence-corrected chi connectivity index (χ1v) is 7.28. The summed E-state index contributed by atoms with van der Waals surface area (Å²) < 4.78 is 5.71. The van der Waals surface area contributed by atoms with Crippen molar-refractivity contribution in [3.8, 4) is 0 Å². The van der Waals surface area contributed by atoms with Gasteiger partial charge in [0, 0.05) is 19.6 Å². The summed E-state index contributed by atoms with van der Waals surface area (Å²) >= 11 is 0. The molecule has 0 N–H and O–H groups in total. The Balaban J connectivity index is 1.65.